The number of fused-ring (bicyclic) bond motifs is 1. The fraction of sp³-hybridized carbons (Fsp3) is 0.538. The first kappa shape index (κ1) is 11.9. The summed E-state index contributed by atoms with van der Waals surface area (Å²) in [5.41, 5.74) is 1.14. The van der Waals surface area contributed by atoms with Gasteiger partial charge in [-0.25, -0.2) is 4.67 Å². The predicted molar refractivity (Wildman–Crippen MR) is 72.0 cm³/mol. The second kappa shape index (κ2) is 4.51. The highest BCUT2D eigenvalue weighted by Gasteiger charge is 2.54. The summed E-state index contributed by atoms with van der Waals surface area (Å²) in [7, 11) is 1.15. The van der Waals surface area contributed by atoms with Crippen LogP contribution in [0, 0.1) is 0 Å². The van der Waals surface area contributed by atoms with Gasteiger partial charge in [0.1, 0.15) is 5.60 Å². The van der Waals surface area contributed by atoms with Crippen molar-refractivity contribution in [1.29, 1.82) is 0 Å². The third-order valence-electron chi connectivity index (χ3n) is 4.01. The lowest BCUT2D eigenvalue weighted by Crippen LogP contribution is -2.44. The third kappa shape index (κ3) is 1.82. The van der Waals surface area contributed by atoms with Crippen molar-refractivity contribution in [3.63, 3.8) is 0 Å². The van der Waals surface area contributed by atoms with Crippen LogP contribution in [0.4, 0.5) is 0 Å². The molecule has 17 heavy (non-hydrogen) atoms. The molecule has 2 nitrogen and oxygen atoms in total. The predicted octanol–water partition coefficient (Wildman–Crippen LogP) is 4.25. The van der Waals surface area contributed by atoms with Crippen LogP contribution in [0.2, 0.25) is 0 Å². The van der Waals surface area contributed by atoms with E-state index in [0.29, 0.717) is 6.04 Å². The zero-order valence-electron chi connectivity index (χ0n) is 9.97. The van der Waals surface area contributed by atoms with Crippen LogP contribution in [-0.4, -0.2) is 17.8 Å². The smallest absolute Gasteiger partial charge is 0.207 e. The van der Waals surface area contributed by atoms with Crippen LogP contribution in [0.5, 0.6) is 0 Å². The molecular formula is C13H17ClNOP. The maximum atomic E-state index is 6.35. The van der Waals surface area contributed by atoms with Crippen molar-refractivity contribution in [2.45, 2.75) is 37.3 Å². The van der Waals surface area contributed by atoms with Gasteiger partial charge in [-0.3, -0.25) is 0 Å². The standard InChI is InChI=1S/C13H17ClNOP/c1-15-12-9-5-6-10-13(12,16-17(15)14)11-7-3-2-4-8-11/h2-4,7-8,12H,5-6,9-10H2,1H3/t12-,13+,17?/m1/s1. The van der Waals surface area contributed by atoms with Gasteiger partial charge in [0, 0.05) is 6.04 Å². The second-order valence-electron chi connectivity index (χ2n) is 4.91. The molecule has 0 spiro atoms. The van der Waals surface area contributed by atoms with Crippen LogP contribution < -0.4 is 0 Å². The number of benzene rings is 1. The number of hydrogen-bond acceptors (Lipinski definition) is 2. The SMILES string of the molecule is CN1[C@@H]2CCCC[C@@]2(c2ccccc2)OP1Cl. The molecule has 3 atom stereocenters. The van der Waals surface area contributed by atoms with Gasteiger partial charge in [-0.05, 0) is 36.7 Å². The van der Waals surface area contributed by atoms with E-state index >= 15 is 0 Å². The number of likely N-dealkylation sites (N-methyl/N-ethyl adjacent to an activating group) is 1. The van der Waals surface area contributed by atoms with E-state index in [1.54, 1.807) is 0 Å². The van der Waals surface area contributed by atoms with Gasteiger partial charge in [0.15, 0.2) is 0 Å². The first-order chi connectivity index (χ1) is 8.24. The van der Waals surface area contributed by atoms with E-state index in [-0.39, 0.29) is 5.60 Å². The van der Waals surface area contributed by atoms with E-state index in [1.807, 2.05) is 0 Å². The molecule has 0 N–H and O–H groups in total. The Morgan fingerprint density at radius 1 is 1.35 bits per heavy atom. The Kier molecular flexibility index (Phi) is 3.16. The summed E-state index contributed by atoms with van der Waals surface area (Å²) < 4.78 is 8.45. The van der Waals surface area contributed by atoms with Gasteiger partial charge < -0.3 is 4.52 Å². The molecule has 1 saturated heterocycles. The molecule has 1 aromatic carbocycles. The molecule has 2 aliphatic rings. The van der Waals surface area contributed by atoms with Gasteiger partial charge in [-0.15, -0.1) is 0 Å². The monoisotopic (exact) mass is 269 g/mol. The first-order valence-electron chi connectivity index (χ1n) is 6.17. The zero-order valence-corrected chi connectivity index (χ0v) is 11.6. The molecule has 1 aliphatic heterocycles. The first-order valence-corrected chi connectivity index (χ1v) is 8.29. The van der Waals surface area contributed by atoms with Crippen molar-refractivity contribution in [2.24, 2.45) is 0 Å². The van der Waals surface area contributed by atoms with Crippen LogP contribution in [-0.2, 0) is 10.1 Å². The van der Waals surface area contributed by atoms with E-state index < -0.39 is 7.65 Å². The highest BCUT2D eigenvalue weighted by Crippen LogP contribution is 2.64. The Hall–Kier alpha value is -0.140. The van der Waals surface area contributed by atoms with Gasteiger partial charge in [-0.2, -0.15) is 0 Å². The van der Waals surface area contributed by atoms with Crippen molar-refractivity contribution in [3.05, 3.63) is 35.9 Å². The lowest BCUT2D eigenvalue weighted by molar-refractivity contribution is 0.0262. The largest absolute Gasteiger partial charge is 0.318 e. The van der Waals surface area contributed by atoms with Crippen LogP contribution >= 0.6 is 18.9 Å². The van der Waals surface area contributed by atoms with Crippen LogP contribution in [0.1, 0.15) is 31.2 Å². The number of halogens is 1. The minimum Gasteiger partial charge on any atom is -0.318 e. The zero-order chi connectivity index (χ0) is 11.9. The fourth-order valence-electron chi connectivity index (χ4n) is 3.14. The number of nitrogens with zero attached hydrogens (tertiary/aromatic N) is 1. The van der Waals surface area contributed by atoms with E-state index in [1.165, 1.54) is 24.8 Å². The van der Waals surface area contributed by atoms with E-state index in [9.17, 15) is 0 Å². The Morgan fingerprint density at radius 2 is 2.12 bits per heavy atom. The Labute approximate surface area is 109 Å². The van der Waals surface area contributed by atoms with Gasteiger partial charge in [0.05, 0.1) is 0 Å². The molecule has 1 aromatic rings. The summed E-state index contributed by atoms with van der Waals surface area (Å²) >= 11 is 6.35. The quantitative estimate of drug-likeness (QED) is 0.707. The van der Waals surface area contributed by atoms with Crippen LogP contribution in [0.15, 0.2) is 30.3 Å². The van der Waals surface area contributed by atoms with Gasteiger partial charge in [-0.1, -0.05) is 43.2 Å². The summed E-state index contributed by atoms with van der Waals surface area (Å²) in [5.74, 6) is 0. The molecule has 1 unspecified atom stereocenters. The van der Waals surface area contributed by atoms with Crippen LogP contribution in [0.25, 0.3) is 0 Å². The number of rotatable bonds is 1. The van der Waals surface area contributed by atoms with E-state index in [0.717, 1.165) is 6.42 Å². The summed E-state index contributed by atoms with van der Waals surface area (Å²) in [5, 5.41) is 0. The third-order valence-corrected chi connectivity index (χ3v) is 6.19. The van der Waals surface area contributed by atoms with Crippen molar-refractivity contribution in [1.82, 2.24) is 4.67 Å². The topological polar surface area (TPSA) is 12.5 Å². The highest BCUT2D eigenvalue weighted by atomic mass is 35.7. The Balaban J connectivity index is 2.03. The summed E-state index contributed by atoms with van der Waals surface area (Å²) in [6.07, 6.45) is 4.81. The average Bonchev–Trinajstić information content (AvgIpc) is 2.64. The molecule has 0 amide bonds. The normalized spacial score (nSPS) is 38.0. The van der Waals surface area contributed by atoms with Gasteiger partial charge in [0.25, 0.3) is 0 Å². The minimum atomic E-state index is -0.943. The molecule has 1 saturated carbocycles. The summed E-state index contributed by atoms with van der Waals surface area (Å²) in [6, 6.07) is 11.0. The van der Waals surface area contributed by atoms with Crippen molar-refractivity contribution < 1.29 is 4.52 Å². The molecule has 0 radical (unpaired) electrons. The molecule has 2 fully saturated rings. The van der Waals surface area contributed by atoms with Crippen molar-refractivity contribution in [2.75, 3.05) is 7.05 Å². The summed E-state index contributed by atoms with van der Waals surface area (Å²) in [6.45, 7) is 0. The van der Waals surface area contributed by atoms with Crippen LogP contribution in [0.3, 0.4) is 0 Å². The lowest BCUT2D eigenvalue weighted by Gasteiger charge is -2.39. The number of hydrogen-bond donors (Lipinski definition) is 0. The van der Waals surface area contributed by atoms with Crippen molar-refractivity contribution >= 4 is 18.9 Å². The molecule has 0 aromatic heterocycles. The average molecular weight is 270 g/mol. The van der Waals surface area contributed by atoms with E-state index in [4.69, 9.17) is 15.8 Å². The molecule has 4 heteroatoms. The van der Waals surface area contributed by atoms with Gasteiger partial charge >= 0.3 is 0 Å². The lowest BCUT2D eigenvalue weighted by atomic mass is 9.76. The Bertz CT molecular complexity index is 402. The Morgan fingerprint density at radius 3 is 2.88 bits per heavy atom. The fourth-order valence-corrected chi connectivity index (χ4v) is 5.06. The molecule has 0 bridgehead atoms. The van der Waals surface area contributed by atoms with Gasteiger partial charge in [0.2, 0.25) is 7.65 Å². The molecule has 1 heterocycles. The molecule has 1 aliphatic carbocycles. The molecule has 92 valence electrons. The molecular weight excluding hydrogens is 253 g/mol. The maximum absolute atomic E-state index is 6.35. The summed E-state index contributed by atoms with van der Waals surface area (Å²) in [4.78, 5) is 0. The maximum Gasteiger partial charge on any atom is 0.207 e. The van der Waals surface area contributed by atoms with E-state index in [2.05, 4.69) is 42.0 Å². The highest BCUT2D eigenvalue weighted by molar-refractivity contribution is 7.78. The molecule has 3 rings (SSSR count). The minimum absolute atomic E-state index is 0.151. The van der Waals surface area contributed by atoms with Crippen molar-refractivity contribution in [3.8, 4) is 0 Å². The second-order valence-corrected chi connectivity index (χ2v) is 7.04.